The van der Waals surface area contributed by atoms with Crippen molar-refractivity contribution >= 4 is 33.6 Å². The summed E-state index contributed by atoms with van der Waals surface area (Å²) in [5.74, 6) is -2.04. The quantitative estimate of drug-likeness (QED) is 0.809. The first-order valence-corrected chi connectivity index (χ1v) is 5.98. The highest BCUT2D eigenvalue weighted by molar-refractivity contribution is 9.10. The first-order valence-electron chi connectivity index (χ1n) is 5.19. The van der Waals surface area contributed by atoms with E-state index in [1.807, 2.05) is 0 Å². The number of Topliss-reactive ketones (excluding diaryl/α,β-unsaturated/α-hetero) is 1. The van der Waals surface area contributed by atoms with Crippen LogP contribution < -0.4 is 5.32 Å². The maximum atomic E-state index is 11.8. The van der Waals surface area contributed by atoms with Crippen LogP contribution in [0.15, 0.2) is 28.7 Å². The fraction of sp³-hybridized carbons (Fsp3) is 0.250. The molecule has 0 heterocycles. The Hall–Kier alpha value is -1.69. The average Bonchev–Trinajstić information content (AvgIpc) is 2.28. The van der Waals surface area contributed by atoms with Gasteiger partial charge in [-0.2, -0.15) is 0 Å². The van der Waals surface area contributed by atoms with Gasteiger partial charge in [-0.3, -0.25) is 9.59 Å². The van der Waals surface area contributed by atoms with Gasteiger partial charge in [-0.25, -0.2) is 4.79 Å². The largest absolute Gasteiger partial charge is 0.480 e. The molecule has 0 fully saturated rings. The molecule has 5 nitrogen and oxygen atoms in total. The van der Waals surface area contributed by atoms with Crippen LogP contribution in [0.3, 0.4) is 0 Å². The lowest BCUT2D eigenvalue weighted by molar-refractivity contribution is -0.141. The number of nitrogens with one attached hydrogen (secondary N) is 1. The van der Waals surface area contributed by atoms with Gasteiger partial charge in [0.1, 0.15) is 6.04 Å². The van der Waals surface area contributed by atoms with Crippen LogP contribution in [-0.4, -0.2) is 28.8 Å². The lowest BCUT2D eigenvalue weighted by atomic mass is 10.0. The van der Waals surface area contributed by atoms with E-state index in [1.54, 1.807) is 24.3 Å². The standard InChI is InChI=1S/C12H12BrNO4/c1-7(15)14-10(12(17)18)6-11(16)8-2-4-9(13)5-3-8/h2-5,10H,6H2,1H3,(H,14,15)(H,17,18). The molecule has 0 spiro atoms. The first kappa shape index (κ1) is 14.4. The second-order valence-corrected chi connectivity index (χ2v) is 4.64. The van der Waals surface area contributed by atoms with Gasteiger partial charge in [-0.05, 0) is 12.1 Å². The molecule has 1 rings (SSSR count). The number of carboxylic acid groups (broad SMARTS) is 1. The molecule has 0 aliphatic carbocycles. The smallest absolute Gasteiger partial charge is 0.326 e. The zero-order chi connectivity index (χ0) is 13.7. The van der Waals surface area contributed by atoms with Gasteiger partial charge in [-0.1, -0.05) is 28.1 Å². The number of aliphatic carboxylic acids is 1. The van der Waals surface area contributed by atoms with Crippen molar-refractivity contribution < 1.29 is 19.5 Å². The maximum Gasteiger partial charge on any atom is 0.326 e. The van der Waals surface area contributed by atoms with E-state index in [2.05, 4.69) is 21.2 Å². The normalized spacial score (nSPS) is 11.7. The Kier molecular flexibility index (Phi) is 5.03. The highest BCUT2D eigenvalue weighted by Gasteiger charge is 2.22. The highest BCUT2D eigenvalue weighted by Crippen LogP contribution is 2.12. The summed E-state index contributed by atoms with van der Waals surface area (Å²) in [6, 6.07) is 5.39. The van der Waals surface area contributed by atoms with Gasteiger partial charge in [0.05, 0.1) is 0 Å². The number of carbonyl (C=O) groups excluding carboxylic acids is 2. The number of ketones is 1. The Morgan fingerprint density at radius 2 is 1.83 bits per heavy atom. The van der Waals surface area contributed by atoms with Gasteiger partial charge in [-0.15, -0.1) is 0 Å². The molecule has 1 atom stereocenters. The fourth-order valence-corrected chi connectivity index (χ4v) is 1.65. The molecule has 1 aromatic carbocycles. The van der Waals surface area contributed by atoms with Crippen LogP contribution in [0.1, 0.15) is 23.7 Å². The molecule has 0 aliphatic rings. The summed E-state index contributed by atoms with van der Waals surface area (Å²) in [6.45, 7) is 1.21. The van der Waals surface area contributed by atoms with E-state index in [9.17, 15) is 14.4 Å². The Morgan fingerprint density at radius 1 is 1.28 bits per heavy atom. The summed E-state index contributed by atoms with van der Waals surface area (Å²) in [6.07, 6.45) is -0.267. The van der Waals surface area contributed by atoms with Gasteiger partial charge in [0.25, 0.3) is 0 Å². The predicted octanol–water partition coefficient (Wildman–Crippen LogP) is 1.61. The summed E-state index contributed by atoms with van der Waals surface area (Å²) in [5, 5.41) is 11.1. The molecule has 0 saturated carbocycles. The zero-order valence-corrected chi connectivity index (χ0v) is 11.2. The molecule has 0 radical (unpaired) electrons. The second kappa shape index (κ2) is 6.30. The van der Waals surface area contributed by atoms with Crippen molar-refractivity contribution in [2.45, 2.75) is 19.4 Å². The van der Waals surface area contributed by atoms with Crippen LogP contribution in [0, 0.1) is 0 Å². The van der Waals surface area contributed by atoms with Gasteiger partial charge >= 0.3 is 5.97 Å². The number of rotatable bonds is 5. The lowest BCUT2D eigenvalue weighted by Crippen LogP contribution is -2.41. The van der Waals surface area contributed by atoms with E-state index >= 15 is 0 Å². The van der Waals surface area contributed by atoms with Crippen LogP contribution >= 0.6 is 15.9 Å². The summed E-state index contributed by atoms with van der Waals surface area (Å²) >= 11 is 3.24. The molecule has 0 aliphatic heterocycles. The Bertz CT molecular complexity index is 469. The van der Waals surface area contributed by atoms with Gasteiger partial charge in [0.2, 0.25) is 5.91 Å². The maximum absolute atomic E-state index is 11.8. The fourth-order valence-electron chi connectivity index (χ4n) is 1.38. The summed E-state index contributed by atoms with van der Waals surface area (Å²) in [4.78, 5) is 33.5. The third kappa shape index (κ3) is 4.29. The summed E-state index contributed by atoms with van der Waals surface area (Å²) < 4.78 is 0.829. The van der Waals surface area contributed by atoms with Crippen molar-refractivity contribution in [3.05, 3.63) is 34.3 Å². The van der Waals surface area contributed by atoms with E-state index in [1.165, 1.54) is 6.92 Å². The SMILES string of the molecule is CC(=O)NC(CC(=O)c1ccc(Br)cc1)C(=O)O. The summed E-state index contributed by atoms with van der Waals surface area (Å²) in [5.41, 5.74) is 0.412. The number of halogens is 1. The van der Waals surface area contributed by atoms with Crippen LogP contribution in [0.5, 0.6) is 0 Å². The van der Waals surface area contributed by atoms with Crippen LogP contribution in [-0.2, 0) is 9.59 Å². The first-order chi connectivity index (χ1) is 8.40. The van der Waals surface area contributed by atoms with Crippen LogP contribution in [0.25, 0.3) is 0 Å². The minimum Gasteiger partial charge on any atom is -0.480 e. The number of amides is 1. The van der Waals surface area contributed by atoms with E-state index in [-0.39, 0.29) is 12.2 Å². The van der Waals surface area contributed by atoms with Crippen molar-refractivity contribution in [2.75, 3.05) is 0 Å². The van der Waals surface area contributed by atoms with Crippen LogP contribution in [0.4, 0.5) is 0 Å². The zero-order valence-electron chi connectivity index (χ0n) is 9.64. The van der Waals surface area contributed by atoms with Crippen molar-refractivity contribution in [3.8, 4) is 0 Å². The molecule has 0 saturated heterocycles. The Labute approximate surface area is 112 Å². The minimum absolute atomic E-state index is 0.267. The number of hydrogen-bond acceptors (Lipinski definition) is 3. The predicted molar refractivity (Wildman–Crippen MR) is 68.3 cm³/mol. The van der Waals surface area contributed by atoms with E-state index in [4.69, 9.17) is 5.11 Å². The number of hydrogen-bond donors (Lipinski definition) is 2. The third-order valence-electron chi connectivity index (χ3n) is 2.23. The number of benzene rings is 1. The van der Waals surface area contributed by atoms with Gasteiger partial charge in [0.15, 0.2) is 5.78 Å². The molecule has 96 valence electrons. The molecule has 0 aromatic heterocycles. The monoisotopic (exact) mass is 313 g/mol. The summed E-state index contributed by atoms with van der Waals surface area (Å²) in [7, 11) is 0. The molecule has 18 heavy (non-hydrogen) atoms. The van der Waals surface area contributed by atoms with Crippen LogP contribution in [0.2, 0.25) is 0 Å². The Morgan fingerprint density at radius 3 is 2.28 bits per heavy atom. The molecule has 6 heteroatoms. The molecule has 1 unspecified atom stereocenters. The average molecular weight is 314 g/mol. The lowest BCUT2D eigenvalue weighted by Gasteiger charge is -2.12. The van der Waals surface area contributed by atoms with Crippen molar-refractivity contribution in [1.82, 2.24) is 5.32 Å². The highest BCUT2D eigenvalue weighted by atomic mass is 79.9. The topological polar surface area (TPSA) is 83.5 Å². The minimum atomic E-state index is -1.23. The third-order valence-corrected chi connectivity index (χ3v) is 2.76. The van der Waals surface area contributed by atoms with Crippen molar-refractivity contribution in [2.24, 2.45) is 0 Å². The molecular formula is C12H12BrNO4. The Balaban J connectivity index is 2.75. The molecular weight excluding hydrogens is 302 g/mol. The van der Waals surface area contributed by atoms with E-state index < -0.39 is 17.9 Å². The van der Waals surface area contributed by atoms with E-state index in [0.29, 0.717) is 5.56 Å². The van der Waals surface area contributed by atoms with Gasteiger partial charge < -0.3 is 10.4 Å². The van der Waals surface area contributed by atoms with Crippen molar-refractivity contribution in [1.29, 1.82) is 0 Å². The second-order valence-electron chi connectivity index (χ2n) is 3.73. The number of carboxylic acids is 1. The molecule has 1 amide bonds. The van der Waals surface area contributed by atoms with Crippen molar-refractivity contribution in [3.63, 3.8) is 0 Å². The van der Waals surface area contributed by atoms with Gasteiger partial charge in [0, 0.05) is 23.4 Å². The molecule has 2 N–H and O–H groups in total. The van der Waals surface area contributed by atoms with E-state index in [0.717, 1.165) is 4.47 Å². The molecule has 1 aromatic rings. The number of carbonyl (C=O) groups is 3. The molecule has 0 bridgehead atoms.